The highest BCUT2D eigenvalue weighted by atomic mass is 16.6. The zero-order valence-corrected chi connectivity index (χ0v) is 9.93. The SMILES string of the molecule is Cc1cc(C(N)CC(C)C)cc([N+](=O)[O-])c1. The fourth-order valence-electron chi connectivity index (χ4n) is 1.76. The van der Waals surface area contributed by atoms with Crippen LogP contribution in [0.4, 0.5) is 5.69 Å². The summed E-state index contributed by atoms with van der Waals surface area (Å²) in [5.41, 5.74) is 7.86. The first-order chi connectivity index (χ1) is 7.40. The van der Waals surface area contributed by atoms with Gasteiger partial charge in [-0.3, -0.25) is 10.1 Å². The second kappa shape index (κ2) is 5.07. The molecule has 0 fully saturated rings. The van der Waals surface area contributed by atoms with Crippen LogP contribution in [0.3, 0.4) is 0 Å². The minimum atomic E-state index is -0.376. The minimum Gasteiger partial charge on any atom is -0.324 e. The molecule has 1 unspecified atom stereocenters. The van der Waals surface area contributed by atoms with Crippen molar-refractivity contribution < 1.29 is 4.92 Å². The highest BCUT2D eigenvalue weighted by Gasteiger charge is 2.13. The summed E-state index contributed by atoms with van der Waals surface area (Å²) < 4.78 is 0. The molecule has 0 saturated carbocycles. The zero-order valence-electron chi connectivity index (χ0n) is 9.93. The van der Waals surface area contributed by atoms with Gasteiger partial charge in [0.15, 0.2) is 0 Å². The van der Waals surface area contributed by atoms with Crippen LogP contribution >= 0.6 is 0 Å². The van der Waals surface area contributed by atoms with E-state index in [1.807, 2.05) is 13.0 Å². The Morgan fingerprint density at radius 3 is 2.50 bits per heavy atom. The molecule has 1 rings (SSSR count). The maximum absolute atomic E-state index is 10.7. The van der Waals surface area contributed by atoms with Crippen molar-refractivity contribution in [1.82, 2.24) is 0 Å². The van der Waals surface area contributed by atoms with Gasteiger partial charge >= 0.3 is 0 Å². The lowest BCUT2D eigenvalue weighted by molar-refractivity contribution is -0.385. The maximum Gasteiger partial charge on any atom is 0.270 e. The molecular weight excluding hydrogens is 204 g/mol. The number of aryl methyl sites for hydroxylation is 1. The van der Waals surface area contributed by atoms with Gasteiger partial charge in [-0.05, 0) is 30.4 Å². The smallest absolute Gasteiger partial charge is 0.270 e. The van der Waals surface area contributed by atoms with E-state index >= 15 is 0 Å². The van der Waals surface area contributed by atoms with Gasteiger partial charge in [-0.1, -0.05) is 19.9 Å². The molecule has 0 aliphatic carbocycles. The monoisotopic (exact) mass is 222 g/mol. The molecule has 0 radical (unpaired) electrons. The van der Waals surface area contributed by atoms with Crippen LogP contribution in [0.2, 0.25) is 0 Å². The summed E-state index contributed by atoms with van der Waals surface area (Å²) in [7, 11) is 0. The summed E-state index contributed by atoms with van der Waals surface area (Å²) in [6, 6.07) is 4.92. The summed E-state index contributed by atoms with van der Waals surface area (Å²) in [6.07, 6.45) is 0.834. The third-order valence-corrected chi connectivity index (χ3v) is 2.45. The topological polar surface area (TPSA) is 69.2 Å². The molecule has 0 amide bonds. The molecular formula is C12H18N2O2. The van der Waals surface area contributed by atoms with Crippen LogP contribution in [-0.2, 0) is 0 Å². The molecule has 0 aromatic heterocycles. The summed E-state index contributed by atoms with van der Waals surface area (Å²) in [5, 5.41) is 10.7. The van der Waals surface area contributed by atoms with Crippen molar-refractivity contribution in [3.05, 3.63) is 39.4 Å². The number of nitro groups is 1. The molecule has 0 aliphatic heterocycles. The normalized spacial score (nSPS) is 12.8. The van der Waals surface area contributed by atoms with Crippen LogP contribution in [0.25, 0.3) is 0 Å². The van der Waals surface area contributed by atoms with Crippen molar-refractivity contribution in [1.29, 1.82) is 0 Å². The van der Waals surface area contributed by atoms with Crippen molar-refractivity contribution in [2.24, 2.45) is 11.7 Å². The molecule has 88 valence electrons. The Labute approximate surface area is 95.6 Å². The highest BCUT2D eigenvalue weighted by molar-refractivity contribution is 5.40. The summed E-state index contributed by atoms with van der Waals surface area (Å²) in [5.74, 6) is 0.481. The van der Waals surface area contributed by atoms with Crippen LogP contribution in [0.15, 0.2) is 18.2 Å². The average molecular weight is 222 g/mol. The number of benzene rings is 1. The van der Waals surface area contributed by atoms with E-state index in [9.17, 15) is 10.1 Å². The van der Waals surface area contributed by atoms with Crippen molar-refractivity contribution in [3.63, 3.8) is 0 Å². The summed E-state index contributed by atoms with van der Waals surface area (Å²) in [4.78, 5) is 10.3. The number of nitro benzene ring substituents is 1. The Morgan fingerprint density at radius 1 is 1.38 bits per heavy atom. The average Bonchev–Trinajstić information content (AvgIpc) is 2.15. The van der Waals surface area contributed by atoms with Crippen molar-refractivity contribution >= 4 is 5.69 Å². The molecule has 0 aliphatic rings. The number of rotatable bonds is 4. The third kappa shape index (κ3) is 3.31. The van der Waals surface area contributed by atoms with Gasteiger partial charge in [0.25, 0.3) is 5.69 Å². The Balaban J connectivity index is 3.00. The summed E-state index contributed by atoms with van der Waals surface area (Å²) >= 11 is 0. The first-order valence-electron chi connectivity index (χ1n) is 5.41. The number of nitrogens with two attached hydrogens (primary N) is 1. The van der Waals surface area contributed by atoms with E-state index < -0.39 is 0 Å². The first-order valence-corrected chi connectivity index (χ1v) is 5.41. The van der Waals surface area contributed by atoms with E-state index in [2.05, 4.69) is 13.8 Å². The molecule has 4 heteroatoms. The van der Waals surface area contributed by atoms with Gasteiger partial charge in [0.05, 0.1) is 4.92 Å². The van der Waals surface area contributed by atoms with Crippen molar-refractivity contribution in [2.75, 3.05) is 0 Å². The molecule has 4 nitrogen and oxygen atoms in total. The molecule has 1 atom stereocenters. The third-order valence-electron chi connectivity index (χ3n) is 2.45. The van der Waals surface area contributed by atoms with Crippen LogP contribution in [0.5, 0.6) is 0 Å². The Hall–Kier alpha value is -1.42. The molecule has 0 spiro atoms. The van der Waals surface area contributed by atoms with E-state index in [1.165, 1.54) is 0 Å². The lowest BCUT2D eigenvalue weighted by Crippen LogP contribution is -2.13. The Morgan fingerprint density at radius 2 is 2.00 bits per heavy atom. The predicted molar refractivity (Wildman–Crippen MR) is 64.2 cm³/mol. The van der Waals surface area contributed by atoms with Crippen LogP contribution in [0, 0.1) is 23.0 Å². The molecule has 0 saturated heterocycles. The molecule has 16 heavy (non-hydrogen) atoms. The van der Waals surface area contributed by atoms with E-state index in [0.29, 0.717) is 5.92 Å². The highest BCUT2D eigenvalue weighted by Crippen LogP contribution is 2.24. The lowest BCUT2D eigenvalue weighted by atomic mass is 9.96. The summed E-state index contributed by atoms with van der Waals surface area (Å²) in [6.45, 7) is 6.02. The van der Waals surface area contributed by atoms with E-state index in [0.717, 1.165) is 17.5 Å². The Bertz CT molecular complexity index is 389. The molecule has 2 N–H and O–H groups in total. The molecule has 1 aromatic rings. The predicted octanol–water partition coefficient (Wildman–Crippen LogP) is 2.95. The van der Waals surface area contributed by atoms with Gasteiger partial charge in [-0.2, -0.15) is 0 Å². The largest absolute Gasteiger partial charge is 0.324 e. The fraction of sp³-hybridized carbons (Fsp3) is 0.500. The van der Waals surface area contributed by atoms with Gasteiger partial charge in [-0.15, -0.1) is 0 Å². The van der Waals surface area contributed by atoms with Crippen LogP contribution < -0.4 is 5.73 Å². The standard InChI is InChI=1S/C12H18N2O2/c1-8(2)4-12(13)10-5-9(3)6-11(7-10)14(15)16/h5-8,12H,4,13H2,1-3H3. The number of non-ortho nitro benzene ring substituents is 1. The first kappa shape index (κ1) is 12.6. The Kier molecular flexibility index (Phi) is 4.01. The number of hydrogen-bond donors (Lipinski definition) is 1. The van der Waals surface area contributed by atoms with Crippen LogP contribution in [-0.4, -0.2) is 4.92 Å². The molecule has 1 aromatic carbocycles. The van der Waals surface area contributed by atoms with Crippen molar-refractivity contribution in [3.8, 4) is 0 Å². The number of nitrogens with zero attached hydrogens (tertiary/aromatic N) is 1. The zero-order chi connectivity index (χ0) is 12.3. The number of hydrogen-bond acceptors (Lipinski definition) is 3. The van der Waals surface area contributed by atoms with Gasteiger partial charge in [0, 0.05) is 18.2 Å². The quantitative estimate of drug-likeness (QED) is 0.629. The molecule has 0 bridgehead atoms. The second-order valence-corrected chi connectivity index (χ2v) is 4.60. The maximum atomic E-state index is 10.7. The fourth-order valence-corrected chi connectivity index (χ4v) is 1.76. The van der Waals surface area contributed by atoms with E-state index in [1.54, 1.807) is 12.1 Å². The van der Waals surface area contributed by atoms with Crippen molar-refractivity contribution in [2.45, 2.75) is 33.2 Å². The second-order valence-electron chi connectivity index (χ2n) is 4.60. The van der Waals surface area contributed by atoms with Gasteiger partial charge in [-0.25, -0.2) is 0 Å². The van der Waals surface area contributed by atoms with Gasteiger partial charge in [0.2, 0.25) is 0 Å². The van der Waals surface area contributed by atoms with E-state index in [4.69, 9.17) is 5.73 Å². The lowest BCUT2D eigenvalue weighted by Gasteiger charge is -2.14. The minimum absolute atomic E-state index is 0.120. The van der Waals surface area contributed by atoms with Gasteiger partial charge < -0.3 is 5.73 Å². The molecule has 0 heterocycles. The van der Waals surface area contributed by atoms with Gasteiger partial charge in [0.1, 0.15) is 0 Å². The van der Waals surface area contributed by atoms with Crippen LogP contribution in [0.1, 0.15) is 37.4 Å². The van der Waals surface area contributed by atoms with E-state index in [-0.39, 0.29) is 16.7 Å².